The third-order valence-corrected chi connectivity index (χ3v) is 5.39. The van der Waals surface area contributed by atoms with Crippen molar-refractivity contribution < 1.29 is 26.4 Å². The molecule has 0 saturated carbocycles. The summed E-state index contributed by atoms with van der Waals surface area (Å²) in [5, 5.41) is 0. The lowest BCUT2D eigenvalue weighted by Crippen LogP contribution is -2.23. The monoisotopic (exact) mass is 384 g/mol. The first kappa shape index (κ1) is 18.2. The molecule has 5 nitrogen and oxygen atoms in total. The maximum Gasteiger partial charge on any atom is 0.416 e. The summed E-state index contributed by atoms with van der Waals surface area (Å²) in [5.74, 6) is -0.0107. The SMILES string of the molecule is O=C1CCCN1c1ccc(S(=O)(=O)Nc2ccc(C(F)(F)F)cc2)cc1. The predicted molar refractivity (Wildman–Crippen MR) is 90.3 cm³/mol. The van der Waals surface area contributed by atoms with Gasteiger partial charge in [-0.15, -0.1) is 0 Å². The lowest BCUT2D eigenvalue weighted by Gasteiger charge is -2.16. The van der Waals surface area contributed by atoms with E-state index < -0.39 is 21.8 Å². The van der Waals surface area contributed by atoms with Crippen LogP contribution in [0, 0.1) is 0 Å². The number of alkyl halides is 3. The normalized spacial score (nSPS) is 15.3. The van der Waals surface area contributed by atoms with Crippen LogP contribution in [-0.2, 0) is 21.0 Å². The van der Waals surface area contributed by atoms with E-state index in [4.69, 9.17) is 0 Å². The van der Waals surface area contributed by atoms with Gasteiger partial charge in [0.1, 0.15) is 0 Å². The molecule has 0 bridgehead atoms. The van der Waals surface area contributed by atoms with Crippen LogP contribution in [0.2, 0.25) is 0 Å². The van der Waals surface area contributed by atoms with E-state index in [-0.39, 0.29) is 16.5 Å². The number of rotatable bonds is 4. The number of halogens is 3. The zero-order valence-electron chi connectivity index (χ0n) is 13.5. The Kier molecular flexibility index (Phi) is 4.66. The van der Waals surface area contributed by atoms with Gasteiger partial charge in [0, 0.05) is 24.3 Å². The van der Waals surface area contributed by atoms with Crippen molar-refractivity contribution in [1.82, 2.24) is 0 Å². The highest BCUT2D eigenvalue weighted by molar-refractivity contribution is 7.92. The largest absolute Gasteiger partial charge is 0.416 e. The van der Waals surface area contributed by atoms with Gasteiger partial charge in [0.15, 0.2) is 0 Å². The highest BCUT2D eigenvalue weighted by Gasteiger charge is 2.30. The van der Waals surface area contributed by atoms with Gasteiger partial charge in [-0.3, -0.25) is 9.52 Å². The van der Waals surface area contributed by atoms with Crippen LogP contribution in [0.1, 0.15) is 18.4 Å². The van der Waals surface area contributed by atoms with Gasteiger partial charge < -0.3 is 4.90 Å². The Bertz CT molecular complexity index is 908. The highest BCUT2D eigenvalue weighted by atomic mass is 32.2. The minimum absolute atomic E-state index is 0.0107. The molecule has 138 valence electrons. The van der Waals surface area contributed by atoms with Gasteiger partial charge in [-0.05, 0) is 55.0 Å². The molecule has 2 aromatic rings. The first-order chi connectivity index (χ1) is 12.2. The Morgan fingerprint density at radius 3 is 2.08 bits per heavy atom. The summed E-state index contributed by atoms with van der Waals surface area (Å²) in [7, 11) is -3.95. The predicted octanol–water partition coefficient (Wildman–Crippen LogP) is 3.63. The first-order valence-corrected chi connectivity index (χ1v) is 9.26. The highest BCUT2D eigenvalue weighted by Crippen LogP contribution is 2.30. The number of hydrogen-bond donors (Lipinski definition) is 1. The molecular formula is C17H15F3N2O3S. The van der Waals surface area contributed by atoms with E-state index in [1.54, 1.807) is 4.90 Å². The zero-order valence-corrected chi connectivity index (χ0v) is 14.3. The van der Waals surface area contributed by atoms with E-state index in [1.807, 2.05) is 0 Å². The molecule has 1 heterocycles. The van der Waals surface area contributed by atoms with E-state index in [0.717, 1.165) is 30.7 Å². The Hall–Kier alpha value is -2.55. The second-order valence-corrected chi connectivity index (χ2v) is 7.51. The second kappa shape index (κ2) is 6.64. The van der Waals surface area contributed by atoms with Crippen LogP contribution in [0.25, 0.3) is 0 Å². The number of benzene rings is 2. The van der Waals surface area contributed by atoms with Crippen LogP contribution in [0.15, 0.2) is 53.4 Å². The molecule has 1 saturated heterocycles. The van der Waals surface area contributed by atoms with Crippen LogP contribution in [-0.4, -0.2) is 20.9 Å². The molecule has 0 atom stereocenters. The summed E-state index contributed by atoms with van der Waals surface area (Å²) in [6, 6.07) is 9.49. The quantitative estimate of drug-likeness (QED) is 0.875. The molecule has 3 rings (SSSR count). The Morgan fingerprint density at radius 2 is 1.58 bits per heavy atom. The summed E-state index contributed by atoms with van der Waals surface area (Å²) in [6.45, 7) is 0.592. The summed E-state index contributed by atoms with van der Waals surface area (Å²) in [4.78, 5) is 13.2. The maximum absolute atomic E-state index is 12.5. The second-order valence-electron chi connectivity index (χ2n) is 5.82. The van der Waals surface area contributed by atoms with Crippen molar-refractivity contribution in [3.05, 3.63) is 54.1 Å². The van der Waals surface area contributed by atoms with Crippen molar-refractivity contribution in [2.45, 2.75) is 23.9 Å². The number of amides is 1. The van der Waals surface area contributed by atoms with Gasteiger partial charge in [-0.2, -0.15) is 13.2 Å². The molecule has 9 heteroatoms. The molecule has 1 amide bonds. The summed E-state index contributed by atoms with van der Waals surface area (Å²) >= 11 is 0. The van der Waals surface area contributed by atoms with Crippen molar-refractivity contribution >= 4 is 27.3 Å². The summed E-state index contributed by atoms with van der Waals surface area (Å²) in [6.07, 6.45) is -3.26. The maximum atomic E-state index is 12.5. The zero-order chi connectivity index (χ0) is 18.9. The van der Waals surface area contributed by atoms with Gasteiger partial charge >= 0.3 is 6.18 Å². The Labute approximate surface area is 148 Å². The van der Waals surface area contributed by atoms with E-state index in [0.29, 0.717) is 18.7 Å². The molecule has 0 unspecified atom stereocenters. The average Bonchev–Trinajstić information content (AvgIpc) is 3.00. The molecule has 1 fully saturated rings. The number of anilines is 2. The molecule has 0 radical (unpaired) electrons. The minimum Gasteiger partial charge on any atom is -0.312 e. The van der Waals surface area contributed by atoms with Crippen molar-refractivity contribution in [3.63, 3.8) is 0 Å². The Balaban J connectivity index is 1.76. The molecule has 2 aromatic carbocycles. The number of sulfonamides is 1. The van der Waals surface area contributed by atoms with Gasteiger partial charge in [-0.1, -0.05) is 0 Å². The number of hydrogen-bond acceptors (Lipinski definition) is 3. The first-order valence-electron chi connectivity index (χ1n) is 7.77. The summed E-state index contributed by atoms with van der Waals surface area (Å²) in [5.41, 5.74) is -0.224. The van der Waals surface area contributed by atoms with Crippen LogP contribution in [0.4, 0.5) is 24.5 Å². The molecule has 0 aromatic heterocycles. The van der Waals surface area contributed by atoms with Crippen molar-refractivity contribution in [1.29, 1.82) is 0 Å². The van der Waals surface area contributed by atoms with Crippen molar-refractivity contribution in [2.75, 3.05) is 16.2 Å². The fourth-order valence-electron chi connectivity index (χ4n) is 2.67. The standard InChI is InChI=1S/C17H15F3N2O3S/c18-17(19,20)12-3-5-13(6-4-12)21-26(24,25)15-9-7-14(8-10-15)22-11-1-2-16(22)23/h3-10,21H,1-2,11H2. The third kappa shape index (κ3) is 3.82. The van der Waals surface area contributed by atoms with E-state index in [2.05, 4.69) is 4.72 Å². The van der Waals surface area contributed by atoms with Crippen LogP contribution >= 0.6 is 0 Å². The smallest absolute Gasteiger partial charge is 0.312 e. The number of carbonyl (C=O) groups excluding carboxylic acids is 1. The number of carbonyl (C=O) groups is 1. The number of nitrogens with one attached hydrogen (secondary N) is 1. The van der Waals surface area contributed by atoms with E-state index in [9.17, 15) is 26.4 Å². The Morgan fingerprint density at radius 1 is 0.962 bits per heavy atom. The molecular weight excluding hydrogens is 369 g/mol. The van der Waals surface area contributed by atoms with Crippen LogP contribution in [0.3, 0.4) is 0 Å². The molecule has 26 heavy (non-hydrogen) atoms. The van der Waals surface area contributed by atoms with E-state index in [1.165, 1.54) is 24.3 Å². The van der Waals surface area contributed by atoms with Gasteiger partial charge in [0.05, 0.1) is 10.5 Å². The van der Waals surface area contributed by atoms with Gasteiger partial charge in [0.2, 0.25) is 5.91 Å². The van der Waals surface area contributed by atoms with Crippen LogP contribution in [0.5, 0.6) is 0 Å². The average molecular weight is 384 g/mol. The summed E-state index contributed by atoms with van der Waals surface area (Å²) < 4.78 is 64.6. The molecule has 1 aliphatic heterocycles. The fraction of sp³-hybridized carbons (Fsp3) is 0.235. The van der Waals surface area contributed by atoms with Gasteiger partial charge in [-0.25, -0.2) is 8.42 Å². The van der Waals surface area contributed by atoms with E-state index >= 15 is 0 Å². The lowest BCUT2D eigenvalue weighted by molar-refractivity contribution is -0.137. The fourth-order valence-corrected chi connectivity index (χ4v) is 3.73. The van der Waals surface area contributed by atoms with Crippen LogP contribution < -0.4 is 9.62 Å². The number of nitrogens with zero attached hydrogens (tertiary/aromatic N) is 1. The molecule has 0 aliphatic carbocycles. The van der Waals surface area contributed by atoms with Crippen molar-refractivity contribution in [3.8, 4) is 0 Å². The molecule has 1 N–H and O–H groups in total. The minimum atomic E-state index is -4.49. The van der Waals surface area contributed by atoms with Crippen molar-refractivity contribution in [2.24, 2.45) is 0 Å². The molecule has 0 spiro atoms. The topological polar surface area (TPSA) is 66.5 Å². The molecule has 1 aliphatic rings. The third-order valence-electron chi connectivity index (χ3n) is 4.00. The lowest BCUT2D eigenvalue weighted by atomic mass is 10.2. The van der Waals surface area contributed by atoms with Gasteiger partial charge in [0.25, 0.3) is 10.0 Å².